The van der Waals surface area contributed by atoms with Crippen LogP contribution in [0.5, 0.6) is 0 Å². The van der Waals surface area contributed by atoms with Gasteiger partial charge >= 0.3 is 0 Å². The minimum absolute atomic E-state index is 0.321. The number of hydrogen-bond donors (Lipinski definition) is 1. The number of rotatable bonds is 2. The Kier molecular flexibility index (Phi) is 3.57. The summed E-state index contributed by atoms with van der Waals surface area (Å²) >= 11 is 3.12. The molecule has 0 fully saturated rings. The lowest BCUT2D eigenvalue weighted by molar-refractivity contribution is 0.621. The van der Waals surface area contributed by atoms with Crippen LogP contribution < -0.4 is 10.6 Å². The lowest BCUT2D eigenvalue weighted by Crippen LogP contribution is -2.12. The summed E-state index contributed by atoms with van der Waals surface area (Å²) < 4.78 is 14.0. The van der Waals surface area contributed by atoms with Crippen molar-refractivity contribution in [1.82, 2.24) is 0 Å². The number of halogens is 2. The highest BCUT2D eigenvalue weighted by atomic mass is 79.9. The van der Waals surface area contributed by atoms with Crippen molar-refractivity contribution in [3.63, 3.8) is 0 Å². The van der Waals surface area contributed by atoms with Crippen molar-refractivity contribution in [3.05, 3.63) is 52.3 Å². The second-order valence-corrected chi connectivity index (χ2v) is 5.08. The predicted octanol–water partition coefficient (Wildman–Crippen LogP) is 4.25. The molecular formula is C14H14BrFN2. The molecule has 0 aromatic heterocycles. The number of nitrogen functional groups attached to an aromatic ring is 1. The largest absolute Gasteiger partial charge is 0.397 e. The molecular weight excluding hydrogens is 295 g/mol. The second kappa shape index (κ2) is 4.98. The van der Waals surface area contributed by atoms with Gasteiger partial charge in [-0.05, 0) is 46.6 Å². The van der Waals surface area contributed by atoms with Crippen LogP contribution in [0.4, 0.5) is 21.5 Å². The molecule has 0 unspecified atom stereocenters. The molecule has 0 aliphatic rings. The fourth-order valence-electron chi connectivity index (χ4n) is 1.82. The molecule has 0 saturated carbocycles. The molecule has 2 rings (SSSR count). The van der Waals surface area contributed by atoms with Gasteiger partial charge in [-0.2, -0.15) is 0 Å². The average Bonchev–Trinajstić information content (AvgIpc) is 2.33. The Morgan fingerprint density at radius 3 is 2.61 bits per heavy atom. The van der Waals surface area contributed by atoms with Crippen LogP contribution in [-0.4, -0.2) is 7.05 Å². The smallest absolute Gasteiger partial charge is 0.139 e. The van der Waals surface area contributed by atoms with E-state index in [2.05, 4.69) is 15.9 Å². The monoisotopic (exact) mass is 308 g/mol. The molecule has 2 aromatic carbocycles. The Bertz CT molecular complexity index is 584. The molecule has 0 aliphatic carbocycles. The van der Waals surface area contributed by atoms with E-state index in [-0.39, 0.29) is 5.82 Å². The number of nitrogens with zero attached hydrogens (tertiary/aromatic N) is 1. The summed E-state index contributed by atoms with van der Waals surface area (Å²) in [4.78, 5) is 1.87. The Hall–Kier alpha value is -1.55. The summed E-state index contributed by atoms with van der Waals surface area (Å²) in [6.07, 6.45) is 0. The normalized spacial score (nSPS) is 10.4. The molecule has 0 amide bonds. The quantitative estimate of drug-likeness (QED) is 0.841. The van der Waals surface area contributed by atoms with E-state index in [1.54, 1.807) is 6.07 Å². The molecule has 2 nitrogen and oxygen atoms in total. The highest BCUT2D eigenvalue weighted by Gasteiger charge is 2.11. The first kappa shape index (κ1) is 12.9. The Balaban J connectivity index is 2.46. The van der Waals surface area contributed by atoms with Gasteiger partial charge in [-0.15, -0.1) is 0 Å². The van der Waals surface area contributed by atoms with Gasteiger partial charge in [-0.1, -0.05) is 12.1 Å². The van der Waals surface area contributed by atoms with Crippen LogP contribution >= 0.6 is 15.9 Å². The van der Waals surface area contributed by atoms with Crippen LogP contribution in [-0.2, 0) is 0 Å². The molecule has 0 bridgehead atoms. The highest BCUT2D eigenvalue weighted by molar-refractivity contribution is 9.10. The first-order valence-corrected chi connectivity index (χ1v) is 6.33. The maximum absolute atomic E-state index is 13.6. The van der Waals surface area contributed by atoms with Crippen molar-refractivity contribution in [1.29, 1.82) is 0 Å². The lowest BCUT2D eigenvalue weighted by Gasteiger charge is -2.22. The van der Waals surface area contributed by atoms with Crippen LogP contribution in [0.3, 0.4) is 0 Å². The van der Waals surface area contributed by atoms with E-state index in [1.165, 1.54) is 6.07 Å². The number of aryl methyl sites for hydroxylation is 1. The molecule has 0 aliphatic heterocycles. The topological polar surface area (TPSA) is 29.3 Å². The lowest BCUT2D eigenvalue weighted by atomic mass is 10.2. The number of anilines is 3. The Labute approximate surface area is 114 Å². The van der Waals surface area contributed by atoms with Crippen molar-refractivity contribution in [2.45, 2.75) is 6.92 Å². The van der Waals surface area contributed by atoms with E-state index in [1.807, 2.05) is 43.1 Å². The third kappa shape index (κ3) is 2.48. The minimum atomic E-state index is -0.321. The van der Waals surface area contributed by atoms with Crippen molar-refractivity contribution in [2.24, 2.45) is 0 Å². The molecule has 2 N–H and O–H groups in total. The molecule has 94 valence electrons. The molecule has 2 aromatic rings. The molecule has 18 heavy (non-hydrogen) atoms. The zero-order chi connectivity index (χ0) is 13.3. The van der Waals surface area contributed by atoms with Gasteiger partial charge in [0.15, 0.2) is 0 Å². The highest BCUT2D eigenvalue weighted by Crippen LogP contribution is 2.33. The Morgan fingerprint density at radius 2 is 1.94 bits per heavy atom. The number of benzene rings is 2. The number of nitrogens with two attached hydrogens (primary N) is 1. The van der Waals surface area contributed by atoms with Gasteiger partial charge < -0.3 is 10.6 Å². The average molecular weight is 309 g/mol. The van der Waals surface area contributed by atoms with Gasteiger partial charge in [0.2, 0.25) is 0 Å². The molecule has 0 radical (unpaired) electrons. The van der Waals surface area contributed by atoms with E-state index < -0.39 is 0 Å². The predicted molar refractivity (Wildman–Crippen MR) is 77.8 cm³/mol. The van der Waals surface area contributed by atoms with E-state index in [4.69, 9.17) is 5.73 Å². The van der Waals surface area contributed by atoms with E-state index in [9.17, 15) is 4.39 Å². The van der Waals surface area contributed by atoms with Crippen LogP contribution in [0.1, 0.15) is 5.56 Å². The molecule has 0 spiro atoms. The first-order valence-electron chi connectivity index (χ1n) is 5.54. The van der Waals surface area contributed by atoms with Gasteiger partial charge in [0, 0.05) is 18.8 Å². The van der Waals surface area contributed by atoms with Crippen LogP contribution in [0, 0.1) is 12.7 Å². The third-order valence-corrected chi connectivity index (χ3v) is 3.43. The zero-order valence-electron chi connectivity index (χ0n) is 10.2. The summed E-state index contributed by atoms with van der Waals surface area (Å²) in [6, 6.07) is 11.0. The van der Waals surface area contributed by atoms with Gasteiger partial charge in [0.1, 0.15) is 5.82 Å². The van der Waals surface area contributed by atoms with Crippen molar-refractivity contribution < 1.29 is 4.39 Å². The van der Waals surface area contributed by atoms with Crippen molar-refractivity contribution in [3.8, 4) is 0 Å². The van der Waals surface area contributed by atoms with Gasteiger partial charge in [-0.3, -0.25) is 0 Å². The maximum Gasteiger partial charge on any atom is 0.139 e. The summed E-state index contributed by atoms with van der Waals surface area (Å²) in [5.74, 6) is -0.321. The summed E-state index contributed by atoms with van der Waals surface area (Å²) in [6.45, 7) is 2.02. The molecule has 4 heteroatoms. The first-order chi connectivity index (χ1) is 8.49. The van der Waals surface area contributed by atoms with Crippen LogP contribution in [0.25, 0.3) is 0 Å². The summed E-state index contributed by atoms with van der Waals surface area (Å²) in [7, 11) is 1.87. The standard InChI is InChI=1S/C14H14BrFN2/c1-9-4-3-5-10(6-9)18(2)14-8-12(16)11(15)7-13(14)17/h3-8H,17H2,1-2H3. The fraction of sp³-hybridized carbons (Fsp3) is 0.143. The Morgan fingerprint density at radius 1 is 1.22 bits per heavy atom. The molecule has 0 heterocycles. The molecule has 0 saturated heterocycles. The number of hydrogen-bond acceptors (Lipinski definition) is 2. The van der Waals surface area contributed by atoms with Crippen molar-refractivity contribution in [2.75, 3.05) is 17.7 Å². The van der Waals surface area contributed by atoms with E-state index in [0.29, 0.717) is 15.8 Å². The van der Waals surface area contributed by atoms with Gasteiger partial charge in [0.05, 0.1) is 15.8 Å². The SMILES string of the molecule is Cc1cccc(N(C)c2cc(F)c(Br)cc2N)c1. The van der Waals surface area contributed by atoms with Crippen LogP contribution in [0.2, 0.25) is 0 Å². The van der Waals surface area contributed by atoms with E-state index >= 15 is 0 Å². The van der Waals surface area contributed by atoms with E-state index in [0.717, 1.165) is 11.3 Å². The third-order valence-electron chi connectivity index (χ3n) is 2.82. The maximum atomic E-state index is 13.6. The zero-order valence-corrected chi connectivity index (χ0v) is 11.8. The second-order valence-electron chi connectivity index (χ2n) is 4.22. The summed E-state index contributed by atoms with van der Waals surface area (Å²) in [5.41, 5.74) is 9.24. The molecule has 0 atom stereocenters. The van der Waals surface area contributed by atoms with Crippen LogP contribution in [0.15, 0.2) is 40.9 Å². The fourth-order valence-corrected chi connectivity index (χ4v) is 2.18. The summed E-state index contributed by atoms with van der Waals surface area (Å²) in [5, 5.41) is 0. The van der Waals surface area contributed by atoms with Gasteiger partial charge in [-0.25, -0.2) is 4.39 Å². The van der Waals surface area contributed by atoms with Gasteiger partial charge in [0.25, 0.3) is 0 Å². The minimum Gasteiger partial charge on any atom is -0.397 e. The van der Waals surface area contributed by atoms with Crippen molar-refractivity contribution >= 4 is 33.0 Å².